The van der Waals surface area contributed by atoms with Gasteiger partial charge in [-0.15, -0.1) is 0 Å². The maximum atomic E-state index is 12.3. The first-order valence-electron chi connectivity index (χ1n) is 9.67. The predicted octanol–water partition coefficient (Wildman–Crippen LogP) is 2.21. The maximum Gasteiger partial charge on any atom is 0.321 e. The van der Waals surface area contributed by atoms with Crippen molar-refractivity contribution in [2.24, 2.45) is 5.92 Å². The van der Waals surface area contributed by atoms with Crippen molar-refractivity contribution in [2.45, 2.75) is 70.4 Å². The van der Waals surface area contributed by atoms with Crippen LogP contribution in [0.3, 0.4) is 0 Å². The van der Waals surface area contributed by atoms with E-state index in [9.17, 15) is 18.0 Å². The molecule has 1 saturated carbocycles. The molecule has 8 heteroatoms. The summed E-state index contributed by atoms with van der Waals surface area (Å²) in [5, 5.41) is 2.93. The van der Waals surface area contributed by atoms with E-state index in [-0.39, 0.29) is 16.8 Å². The number of nitrogens with one attached hydrogen (secondary N) is 2. The van der Waals surface area contributed by atoms with Gasteiger partial charge in [0.05, 0.1) is 4.90 Å². The minimum atomic E-state index is -3.83. The van der Waals surface area contributed by atoms with E-state index in [1.807, 2.05) is 13.8 Å². The summed E-state index contributed by atoms with van der Waals surface area (Å²) >= 11 is 0. The second-order valence-corrected chi connectivity index (χ2v) is 9.35. The SMILES string of the molecule is Cc1ccc(S(=O)(=O)NCC(=O)O[C@H](C)C(=O)N[C@H]2CCCC[C@H]2C)cc1C. The van der Waals surface area contributed by atoms with Crippen LogP contribution in [0, 0.1) is 19.8 Å². The largest absolute Gasteiger partial charge is 0.452 e. The molecule has 1 aliphatic rings. The Hall–Kier alpha value is -1.93. The molecule has 156 valence electrons. The molecule has 2 rings (SSSR count). The van der Waals surface area contributed by atoms with Gasteiger partial charge in [0, 0.05) is 6.04 Å². The Kier molecular flexibility index (Phi) is 7.60. The highest BCUT2D eigenvalue weighted by molar-refractivity contribution is 7.89. The van der Waals surface area contributed by atoms with Crippen LogP contribution in [-0.4, -0.2) is 39.0 Å². The number of carbonyl (C=O) groups excluding carboxylic acids is 2. The standard InChI is InChI=1S/C20H30N2O5S/c1-13-9-10-17(11-15(13)3)28(25,26)21-12-19(23)27-16(4)20(24)22-18-8-6-5-7-14(18)2/h9-11,14,16,18,21H,5-8,12H2,1-4H3,(H,22,24)/t14-,16-,18+/m1/s1. The van der Waals surface area contributed by atoms with E-state index >= 15 is 0 Å². The van der Waals surface area contributed by atoms with Crippen LogP contribution in [-0.2, 0) is 24.3 Å². The lowest BCUT2D eigenvalue weighted by molar-refractivity contribution is -0.154. The molecule has 1 amide bonds. The molecule has 0 spiro atoms. The van der Waals surface area contributed by atoms with Crippen LogP contribution in [0.5, 0.6) is 0 Å². The quantitative estimate of drug-likeness (QED) is 0.671. The fourth-order valence-electron chi connectivity index (χ4n) is 3.24. The fourth-order valence-corrected chi connectivity index (χ4v) is 4.30. The van der Waals surface area contributed by atoms with E-state index in [1.54, 1.807) is 12.1 Å². The van der Waals surface area contributed by atoms with Gasteiger partial charge in [-0.1, -0.05) is 25.8 Å². The second kappa shape index (κ2) is 9.52. The topological polar surface area (TPSA) is 102 Å². The molecule has 0 aliphatic heterocycles. The highest BCUT2D eigenvalue weighted by Gasteiger charge is 2.26. The molecule has 0 unspecified atom stereocenters. The number of amides is 1. The predicted molar refractivity (Wildman–Crippen MR) is 106 cm³/mol. The monoisotopic (exact) mass is 410 g/mol. The van der Waals surface area contributed by atoms with Crippen molar-refractivity contribution in [3.05, 3.63) is 29.3 Å². The highest BCUT2D eigenvalue weighted by atomic mass is 32.2. The summed E-state index contributed by atoms with van der Waals surface area (Å²) in [6, 6.07) is 4.83. The zero-order chi connectivity index (χ0) is 20.9. The number of ether oxygens (including phenoxy) is 1. The van der Waals surface area contributed by atoms with Gasteiger partial charge in [-0.25, -0.2) is 8.42 Å². The summed E-state index contributed by atoms with van der Waals surface area (Å²) in [5.41, 5.74) is 1.82. The van der Waals surface area contributed by atoms with Crippen LogP contribution >= 0.6 is 0 Å². The van der Waals surface area contributed by atoms with Crippen molar-refractivity contribution in [3.8, 4) is 0 Å². The smallest absolute Gasteiger partial charge is 0.321 e. The van der Waals surface area contributed by atoms with Crippen LogP contribution in [0.2, 0.25) is 0 Å². The van der Waals surface area contributed by atoms with E-state index in [0.29, 0.717) is 5.92 Å². The van der Waals surface area contributed by atoms with E-state index < -0.39 is 28.6 Å². The van der Waals surface area contributed by atoms with Gasteiger partial charge < -0.3 is 10.1 Å². The minimum absolute atomic E-state index is 0.0838. The van der Waals surface area contributed by atoms with Crippen molar-refractivity contribution >= 4 is 21.9 Å². The molecule has 0 radical (unpaired) electrons. The minimum Gasteiger partial charge on any atom is -0.452 e. The molecule has 1 fully saturated rings. The van der Waals surface area contributed by atoms with E-state index in [1.165, 1.54) is 19.4 Å². The molecule has 1 aromatic carbocycles. The van der Waals surface area contributed by atoms with Gasteiger partial charge in [-0.3, -0.25) is 9.59 Å². The van der Waals surface area contributed by atoms with Crippen molar-refractivity contribution in [3.63, 3.8) is 0 Å². The summed E-state index contributed by atoms with van der Waals surface area (Å²) in [7, 11) is -3.83. The molecule has 28 heavy (non-hydrogen) atoms. The number of sulfonamides is 1. The van der Waals surface area contributed by atoms with Crippen LogP contribution in [0.1, 0.15) is 50.7 Å². The van der Waals surface area contributed by atoms with Crippen LogP contribution in [0.25, 0.3) is 0 Å². The molecular weight excluding hydrogens is 380 g/mol. The van der Waals surface area contributed by atoms with Gasteiger partial charge in [-0.2, -0.15) is 4.72 Å². The fraction of sp³-hybridized carbons (Fsp3) is 0.600. The number of aryl methyl sites for hydroxylation is 2. The Morgan fingerprint density at radius 3 is 2.50 bits per heavy atom. The van der Waals surface area contributed by atoms with Crippen molar-refractivity contribution in [1.29, 1.82) is 0 Å². The number of esters is 1. The van der Waals surface area contributed by atoms with Gasteiger partial charge in [0.2, 0.25) is 10.0 Å². The third kappa shape index (κ3) is 6.04. The third-order valence-electron chi connectivity index (χ3n) is 5.31. The van der Waals surface area contributed by atoms with Gasteiger partial charge in [-0.05, 0) is 62.8 Å². The third-order valence-corrected chi connectivity index (χ3v) is 6.71. The highest BCUT2D eigenvalue weighted by Crippen LogP contribution is 2.23. The first-order valence-corrected chi connectivity index (χ1v) is 11.1. The molecule has 0 saturated heterocycles. The zero-order valence-electron chi connectivity index (χ0n) is 16.9. The Bertz CT molecular complexity index is 822. The van der Waals surface area contributed by atoms with Crippen LogP contribution < -0.4 is 10.0 Å². The summed E-state index contributed by atoms with van der Waals surface area (Å²) in [6.45, 7) is 6.75. The van der Waals surface area contributed by atoms with Gasteiger partial charge in [0.15, 0.2) is 6.10 Å². The van der Waals surface area contributed by atoms with E-state index in [0.717, 1.165) is 30.4 Å². The van der Waals surface area contributed by atoms with Crippen LogP contribution in [0.15, 0.2) is 23.1 Å². The molecule has 0 heterocycles. The molecule has 1 aliphatic carbocycles. The zero-order valence-corrected chi connectivity index (χ0v) is 17.8. The van der Waals surface area contributed by atoms with E-state index in [2.05, 4.69) is 17.0 Å². The lowest BCUT2D eigenvalue weighted by Crippen LogP contribution is -2.46. The Labute approximate surface area is 167 Å². The molecule has 2 N–H and O–H groups in total. The summed E-state index contributed by atoms with van der Waals surface area (Å²) in [5.74, 6) is -0.763. The molecule has 0 aromatic heterocycles. The molecule has 0 bridgehead atoms. The lowest BCUT2D eigenvalue weighted by atomic mass is 9.86. The van der Waals surface area contributed by atoms with Crippen molar-refractivity contribution < 1.29 is 22.7 Å². The molecular formula is C20H30N2O5S. The number of rotatable bonds is 7. The number of hydrogen-bond acceptors (Lipinski definition) is 5. The maximum absolute atomic E-state index is 12.3. The molecule has 1 aromatic rings. The Morgan fingerprint density at radius 2 is 1.86 bits per heavy atom. The summed E-state index contributed by atoms with van der Waals surface area (Å²) < 4.78 is 31.9. The molecule has 3 atom stereocenters. The number of carbonyl (C=O) groups is 2. The second-order valence-electron chi connectivity index (χ2n) is 7.58. The molecule has 7 nitrogen and oxygen atoms in total. The summed E-state index contributed by atoms with van der Waals surface area (Å²) in [4.78, 5) is 24.3. The van der Waals surface area contributed by atoms with Gasteiger partial charge >= 0.3 is 5.97 Å². The number of benzene rings is 1. The van der Waals surface area contributed by atoms with E-state index in [4.69, 9.17) is 4.74 Å². The van der Waals surface area contributed by atoms with Crippen molar-refractivity contribution in [1.82, 2.24) is 10.0 Å². The average molecular weight is 411 g/mol. The average Bonchev–Trinajstić information content (AvgIpc) is 2.64. The van der Waals surface area contributed by atoms with Gasteiger partial charge in [0.25, 0.3) is 5.91 Å². The lowest BCUT2D eigenvalue weighted by Gasteiger charge is -2.30. The normalized spacial score (nSPS) is 21.0. The Morgan fingerprint density at radius 1 is 1.18 bits per heavy atom. The Balaban J connectivity index is 1.85. The van der Waals surface area contributed by atoms with Gasteiger partial charge in [0.1, 0.15) is 6.54 Å². The van der Waals surface area contributed by atoms with Crippen LogP contribution in [0.4, 0.5) is 0 Å². The summed E-state index contributed by atoms with van der Waals surface area (Å²) in [6.07, 6.45) is 3.25. The number of hydrogen-bond donors (Lipinski definition) is 2. The first-order chi connectivity index (χ1) is 13.1. The van der Waals surface area contributed by atoms with Crippen molar-refractivity contribution in [2.75, 3.05) is 6.54 Å². The first kappa shape index (κ1) is 22.4.